The second-order valence-electron chi connectivity index (χ2n) is 8.14. The molecule has 180 valence electrons. The van der Waals surface area contributed by atoms with Crippen molar-refractivity contribution in [1.82, 2.24) is 15.6 Å². The van der Waals surface area contributed by atoms with Gasteiger partial charge in [-0.05, 0) is 25.1 Å². The van der Waals surface area contributed by atoms with Crippen molar-refractivity contribution in [2.24, 2.45) is 0 Å². The van der Waals surface area contributed by atoms with Gasteiger partial charge in [0, 0.05) is 49.5 Å². The van der Waals surface area contributed by atoms with Crippen LogP contribution in [0.4, 0.5) is 5.69 Å². The van der Waals surface area contributed by atoms with Crippen molar-refractivity contribution in [3.63, 3.8) is 0 Å². The van der Waals surface area contributed by atoms with Gasteiger partial charge in [0.15, 0.2) is 5.75 Å². The molecule has 0 aliphatic carbocycles. The highest BCUT2D eigenvalue weighted by Crippen LogP contribution is 2.33. The number of halogens is 1. The number of rotatable bonds is 9. The molecular weight excluding hydrogens is 476 g/mol. The Morgan fingerprint density at radius 3 is 2.94 bits per heavy atom. The molecule has 8 nitrogen and oxygen atoms in total. The predicted molar refractivity (Wildman–Crippen MR) is 134 cm³/mol. The van der Waals surface area contributed by atoms with E-state index in [9.17, 15) is 4.79 Å². The number of amides is 1. The van der Waals surface area contributed by atoms with Gasteiger partial charge in [-0.15, -0.1) is 0 Å². The number of carbonyl (C=O) groups excluding carboxylic acids is 1. The maximum atomic E-state index is 12.9. The van der Waals surface area contributed by atoms with E-state index in [0.717, 1.165) is 24.3 Å². The third-order valence-corrected chi connectivity index (χ3v) is 6.25. The summed E-state index contributed by atoms with van der Waals surface area (Å²) in [7, 11) is 1.53. The van der Waals surface area contributed by atoms with E-state index in [1.54, 1.807) is 30.6 Å². The van der Waals surface area contributed by atoms with Gasteiger partial charge in [-0.1, -0.05) is 29.9 Å². The summed E-state index contributed by atoms with van der Waals surface area (Å²) >= 11 is 11.9. The Bertz CT molecular complexity index is 1110. The first-order chi connectivity index (χ1) is 16.5. The largest absolute Gasteiger partial charge is 0.493 e. The van der Waals surface area contributed by atoms with Crippen molar-refractivity contribution in [3.05, 3.63) is 58.5 Å². The van der Waals surface area contributed by atoms with Crippen molar-refractivity contribution in [2.45, 2.75) is 38.5 Å². The topological polar surface area (TPSA) is 93.7 Å². The van der Waals surface area contributed by atoms with Crippen molar-refractivity contribution >= 4 is 40.4 Å². The van der Waals surface area contributed by atoms with Crippen molar-refractivity contribution in [1.29, 1.82) is 0 Å². The van der Waals surface area contributed by atoms with Crippen LogP contribution in [-0.2, 0) is 16.1 Å². The second-order valence-corrected chi connectivity index (χ2v) is 8.95. The molecule has 1 amide bonds. The van der Waals surface area contributed by atoms with E-state index in [0.29, 0.717) is 47.4 Å². The van der Waals surface area contributed by atoms with Crippen LogP contribution in [0, 0.1) is 0 Å². The molecule has 2 aliphatic rings. The summed E-state index contributed by atoms with van der Waals surface area (Å²) in [5, 5.41) is 9.92. The number of ether oxygens (including phenoxy) is 3. The van der Waals surface area contributed by atoms with Crippen molar-refractivity contribution in [2.75, 3.05) is 25.6 Å². The second kappa shape index (κ2) is 11.0. The van der Waals surface area contributed by atoms with E-state index in [1.807, 2.05) is 13.0 Å². The number of pyridine rings is 1. The number of carbonyl (C=O) groups is 1. The zero-order chi connectivity index (χ0) is 24.1. The lowest BCUT2D eigenvalue weighted by Crippen LogP contribution is -2.44. The normalized spacial score (nSPS) is 19.7. The minimum atomic E-state index is -0.243. The summed E-state index contributed by atoms with van der Waals surface area (Å²) in [5.74, 6) is 0.902. The first-order valence-corrected chi connectivity index (χ1v) is 11.8. The monoisotopic (exact) mass is 502 g/mol. The summed E-state index contributed by atoms with van der Waals surface area (Å²) < 4.78 is 16.7. The molecule has 1 aromatic heterocycles. The molecule has 1 saturated heterocycles. The van der Waals surface area contributed by atoms with Crippen LogP contribution in [0.1, 0.15) is 25.3 Å². The summed E-state index contributed by atoms with van der Waals surface area (Å²) in [6.45, 7) is 3.67. The first kappa shape index (κ1) is 24.3. The lowest BCUT2D eigenvalue weighted by atomic mass is 10.0. The SMILES string of the molecule is COc1c(Cl)cccc1NC(=S)C1=C(NCc2ccncc2OC[C@@H]2CCO2)CC(C)NC1=O. The number of hydrogen-bond donors (Lipinski definition) is 3. The number of anilines is 1. The number of hydrogen-bond acceptors (Lipinski definition) is 7. The van der Waals surface area contributed by atoms with Crippen molar-refractivity contribution < 1.29 is 19.0 Å². The zero-order valence-electron chi connectivity index (χ0n) is 19.0. The van der Waals surface area contributed by atoms with Gasteiger partial charge >= 0.3 is 0 Å². The van der Waals surface area contributed by atoms with E-state index in [-0.39, 0.29) is 23.0 Å². The number of methoxy groups -OCH3 is 1. The van der Waals surface area contributed by atoms with E-state index in [2.05, 4.69) is 20.9 Å². The third-order valence-electron chi connectivity index (χ3n) is 5.64. The highest BCUT2D eigenvalue weighted by Gasteiger charge is 2.28. The molecule has 34 heavy (non-hydrogen) atoms. The fraction of sp³-hybridized carbons (Fsp3) is 0.375. The molecule has 3 heterocycles. The van der Waals surface area contributed by atoms with Gasteiger partial charge in [-0.3, -0.25) is 9.78 Å². The molecule has 2 aromatic rings. The van der Waals surface area contributed by atoms with Gasteiger partial charge in [0.25, 0.3) is 5.91 Å². The molecule has 0 saturated carbocycles. The van der Waals surface area contributed by atoms with Gasteiger partial charge in [0.1, 0.15) is 17.3 Å². The standard InChI is InChI=1S/C24H27ClN4O4S/c1-14-10-19(27-11-15-6-8-26-12-20(15)33-13-16-7-9-32-16)21(23(30)28-14)24(34)29-18-5-3-4-17(25)22(18)31-2/h3-6,8,12,14,16,27H,7,9-11,13H2,1-2H3,(H,28,30)(H,29,34)/t14?,16-/m0/s1. The average molecular weight is 503 g/mol. The fourth-order valence-electron chi connectivity index (χ4n) is 3.78. The van der Waals surface area contributed by atoms with E-state index >= 15 is 0 Å². The summed E-state index contributed by atoms with van der Waals surface area (Å²) in [6, 6.07) is 7.16. The molecule has 1 aromatic carbocycles. The molecule has 0 spiro atoms. The first-order valence-electron chi connectivity index (χ1n) is 11.0. The van der Waals surface area contributed by atoms with E-state index < -0.39 is 0 Å². The Kier molecular flexibility index (Phi) is 7.87. The van der Waals surface area contributed by atoms with Crippen LogP contribution in [-0.4, -0.2) is 48.3 Å². The lowest BCUT2D eigenvalue weighted by molar-refractivity contribution is -0.118. The molecular formula is C24H27ClN4O4S. The van der Waals surface area contributed by atoms with Gasteiger partial charge < -0.3 is 30.2 Å². The number of nitrogens with zero attached hydrogens (tertiary/aromatic N) is 1. The maximum Gasteiger partial charge on any atom is 0.256 e. The van der Waals surface area contributed by atoms with Crippen LogP contribution in [0.5, 0.6) is 11.5 Å². The highest BCUT2D eigenvalue weighted by molar-refractivity contribution is 7.81. The Balaban J connectivity index is 1.53. The van der Waals surface area contributed by atoms with Gasteiger partial charge in [0.05, 0.1) is 35.7 Å². The number of para-hydroxylation sites is 1. The Hall–Kier alpha value is -2.88. The number of aromatic nitrogens is 1. The van der Waals surface area contributed by atoms with E-state index in [1.165, 1.54) is 7.11 Å². The minimum Gasteiger partial charge on any atom is -0.493 e. The van der Waals surface area contributed by atoms with Gasteiger partial charge in [-0.25, -0.2) is 0 Å². The van der Waals surface area contributed by atoms with Crippen LogP contribution in [0.25, 0.3) is 0 Å². The number of benzene rings is 1. The summed E-state index contributed by atoms with van der Waals surface area (Å²) in [5.41, 5.74) is 2.64. The summed E-state index contributed by atoms with van der Waals surface area (Å²) in [6.07, 6.45) is 5.14. The lowest BCUT2D eigenvalue weighted by Gasteiger charge is -2.28. The molecule has 0 radical (unpaired) electrons. The number of nitrogens with one attached hydrogen (secondary N) is 3. The Morgan fingerprint density at radius 1 is 1.38 bits per heavy atom. The zero-order valence-corrected chi connectivity index (χ0v) is 20.6. The van der Waals surface area contributed by atoms with Crippen LogP contribution in [0.15, 0.2) is 47.9 Å². The van der Waals surface area contributed by atoms with Crippen molar-refractivity contribution in [3.8, 4) is 11.5 Å². The fourth-order valence-corrected chi connectivity index (χ4v) is 4.36. The average Bonchev–Trinajstić information content (AvgIpc) is 2.77. The Morgan fingerprint density at radius 2 is 2.21 bits per heavy atom. The maximum absolute atomic E-state index is 12.9. The molecule has 2 aliphatic heterocycles. The van der Waals surface area contributed by atoms with Crippen LogP contribution in [0.2, 0.25) is 5.02 Å². The molecule has 3 N–H and O–H groups in total. The van der Waals surface area contributed by atoms with Crippen LogP contribution < -0.4 is 25.4 Å². The molecule has 4 rings (SSSR count). The quantitative estimate of drug-likeness (QED) is 0.448. The van der Waals surface area contributed by atoms with Crippen LogP contribution >= 0.6 is 23.8 Å². The third kappa shape index (κ3) is 5.60. The predicted octanol–water partition coefficient (Wildman–Crippen LogP) is 3.60. The molecule has 1 fully saturated rings. The number of thiocarbonyl (C=S) groups is 1. The molecule has 0 bridgehead atoms. The Labute approximate surface area is 209 Å². The molecule has 1 unspecified atom stereocenters. The van der Waals surface area contributed by atoms with Gasteiger partial charge in [-0.2, -0.15) is 0 Å². The summed E-state index contributed by atoms with van der Waals surface area (Å²) in [4.78, 5) is 17.4. The van der Waals surface area contributed by atoms with E-state index in [4.69, 9.17) is 38.0 Å². The van der Waals surface area contributed by atoms with Gasteiger partial charge in [0.2, 0.25) is 0 Å². The highest BCUT2D eigenvalue weighted by atomic mass is 35.5. The molecule has 2 atom stereocenters. The smallest absolute Gasteiger partial charge is 0.256 e. The molecule has 10 heteroatoms. The van der Waals surface area contributed by atoms with Crippen LogP contribution in [0.3, 0.4) is 0 Å². The minimum absolute atomic E-state index is 0.0359.